The number of pyridine rings is 2. The molecule has 3 aromatic heterocycles. The molecule has 1 aromatic carbocycles. The molecule has 0 spiro atoms. The Morgan fingerprint density at radius 3 is 2.84 bits per heavy atom. The molecule has 1 amide bonds. The van der Waals surface area contributed by atoms with Gasteiger partial charge in [-0.05, 0) is 49.1 Å². The first-order valence-corrected chi connectivity index (χ1v) is 10.8. The van der Waals surface area contributed by atoms with E-state index in [1.165, 1.54) is 0 Å². The van der Waals surface area contributed by atoms with Gasteiger partial charge in [-0.1, -0.05) is 30.3 Å². The van der Waals surface area contributed by atoms with Crippen LogP contribution in [0.15, 0.2) is 67.1 Å². The second-order valence-electron chi connectivity index (χ2n) is 8.21. The molecule has 0 unspecified atom stereocenters. The second-order valence-corrected chi connectivity index (χ2v) is 8.21. The van der Waals surface area contributed by atoms with Crippen LogP contribution in [-0.2, 0) is 11.2 Å². The fraction of sp³-hybridized carbons (Fsp3) is 0.280. The summed E-state index contributed by atoms with van der Waals surface area (Å²) in [6.07, 6.45) is 8.03. The molecule has 1 atom stereocenters. The quantitative estimate of drug-likeness (QED) is 0.508. The number of likely N-dealkylation sites (tertiary alicyclic amines) is 1. The minimum atomic E-state index is 0.163. The van der Waals surface area contributed by atoms with Crippen molar-refractivity contribution in [2.75, 3.05) is 13.1 Å². The molecule has 4 aromatic rings. The van der Waals surface area contributed by atoms with Gasteiger partial charge in [0.1, 0.15) is 0 Å². The van der Waals surface area contributed by atoms with Crippen LogP contribution in [0.5, 0.6) is 0 Å². The lowest BCUT2D eigenvalue weighted by atomic mass is 9.96. The van der Waals surface area contributed by atoms with E-state index in [9.17, 15) is 4.79 Å². The predicted molar refractivity (Wildman–Crippen MR) is 120 cm³/mol. The average molecular weight is 412 g/mol. The van der Waals surface area contributed by atoms with Gasteiger partial charge in [0.15, 0.2) is 11.5 Å². The van der Waals surface area contributed by atoms with E-state index in [4.69, 9.17) is 10.1 Å². The van der Waals surface area contributed by atoms with Gasteiger partial charge in [-0.3, -0.25) is 9.78 Å². The molecular weight excluding hydrogens is 386 g/mol. The van der Waals surface area contributed by atoms with Crippen molar-refractivity contribution in [3.63, 3.8) is 0 Å². The van der Waals surface area contributed by atoms with Crippen molar-refractivity contribution in [1.29, 1.82) is 0 Å². The van der Waals surface area contributed by atoms with Crippen LogP contribution in [0.4, 0.5) is 0 Å². The van der Waals surface area contributed by atoms with Crippen molar-refractivity contribution < 1.29 is 4.79 Å². The monoisotopic (exact) mass is 411 g/mol. The zero-order valence-corrected chi connectivity index (χ0v) is 17.6. The van der Waals surface area contributed by atoms with Gasteiger partial charge >= 0.3 is 0 Å². The van der Waals surface area contributed by atoms with Crippen LogP contribution in [0.3, 0.4) is 0 Å². The number of benzene rings is 1. The van der Waals surface area contributed by atoms with Gasteiger partial charge < -0.3 is 4.90 Å². The van der Waals surface area contributed by atoms with E-state index in [2.05, 4.69) is 18.0 Å². The second kappa shape index (κ2) is 8.30. The minimum Gasteiger partial charge on any atom is -0.342 e. The highest BCUT2D eigenvalue weighted by Crippen LogP contribution is 2.26. The number of carbonyl (C=O) groups excluding carboxylic acids is 1. The molecule has 31 heavy (non-hydrogen) atoms. The van der Waals surface area contributed by atoms with E-state index in [0.717, 1.165) is 53.1 Å². The number of carbonyl (C=O) groups is 1. The van der Waals surface area contributed by atoms with Gasteiger partial charge in [0.05, 0.1) is 6.42 Å². The van der Waals surface area contributed by atoms with Crippen molar-refractivity contribution in [2.45, 2.75) is 32.1 Å². The Kier molecular flexibility index (Phi) is 5.20. The standard InChI is InChI=1S/C25H25N5O/c1-18-6-2-3-7-19(18)14-24(31)29-13-5-9-22(16-29)25-27-23-11-10-21(17-30(23)28-25)20-8-4-12-26-15-20/h2-4,6-8,10-12,15,17,22H,5,9,13-14,16H2,1H3/t22-/m0/s1. The molecule has 1 saturated heterocycles. The van der Waals surface area contributed by atoms with Crippen LogP contribution in [0.1, 0.15) is 35.7 Å². The maximum absolute atomic E-state index is 12.9. The predicted octanol–water partition coefficient (Wildman–Crippen LogP) is 4.05. The number of aryl methyl sites for hydroxylation is 1. The Labute approximate surface area is 181 Å². The van der Waals surface area contributed by atoms with Gasteiger partial charge in [-0.2, -0.15) is 5.10 Å². The highest BCUT2D eigenvalue weighted by Gasteiger charge is 2.27. The van der Waals surface area contributed by atoms with Gasteiger partial charge in [0.2, 0.25) is 5.91 Å². The van der Waals surface area contributed by atoms with Crippen molar-refractivity contribution in [1.82, 2.24) is 24.5 Å². The van der Waals surface area contributed by atoms with E-state index in [0.29, 0.717) is 13.0 Å². The fourth-order valence-corrected chi connectivity index (χ4v) is 4.28. The molecule has 6 heteroatoms. The van der Waals surface area contributed by atoms with Gasteiger partial charge in [-0.25, -0.2) is 9.50 Å². The number of amides is 1. The summed E-state index contributed by atoms with van der Waals surface area (Å²) in [5.41, 5.74) is 5.19. The number of piperidine rings is 1. The summed E-state index contributed by atoms with van der Waals surface area (Å²) in [6.45, 7) is 3.54. The summed E-state index contributed by atoms with van der Waals surface area (Å²) in [5, 5.41) is 4.76. The molecule has 0 radical (unpaired) electrons. The molecule has 1 aliphatic heterocycles. The average Bonchev–Trinajstić information content (AvgIpc) is 3.25. The minimum absolute atomic E-state index is 0.163. The van der Waals surface area contributed by atoms with E-state index in [1.807, 2.05) is 64.3 Å². The van der Waals surface area contributed by atoms with Crippen LogP contribution in [-0.4, -0.2) is 43.5 Å². The van der Waals surface area contributed by atoms with E-state index in [-0.39, 0.29) is 11.8 Å². The number of rotatable bonds is 4. The molecule has 6 nitrogen and oxygen atoms in total. The molecule has 1 aliphatic rings. The Hall–Kier alpha value is -3.54. The molecule has 4 heterocycles. The van der Waals surface area contributed by atoms with Gasteiger partial charge in [0, 0.05) is 48.7 Å². The highest BCUT2D eigenvalue weighted by atomic mass is 16.2. The van der Waals surface area contributed by atoms with Crippen LogP contribution in [0.25, 0.3) is 16.8 Å². The molecule has 1 fully saturated rings. The van der Waals surface area contributed by atoms with Crippen molar-refractivity contribution in [3.05, 3.63) is 84.1 Å². The molecule has 5 rings (SSSR count). The molecule has 0 aliphatic carbocycles. The largest absolute Gasteiger partial charge is 0.342 e. The summed E-state index contributed by atoms with van der Waals surface area (Å²) in [6, 6.07) is 16.1. The maximum Gasteiger partial charge on any atom is 0.227 e. The van der Waals surface area contributed by atoms with Crippen LogP contribution in [0.2, 0.25) is 0 Å². The number of hydrogen-bond acceptors (Lipinski definition) is 4. The lowest BCUT2D eigenvalue weighted by Gasteiger charge is -2.31. The first-order valence-electron chi connectivity index (χ1n) is 10.8. The third kappa shape index (κ3) is 4.06. The lowest BCUT2D eigenvalue weighted by Crippen LogP contribution is -2.40. The number of fused-ring (bicyclic) bond motifs is 1. The zero-order valence-electron chi connectivity index (χ0n) is 17.6. The number of nitrogens with zero attached hydrogens (tertiary/aromatic N) is 5. The normalized spacial score (nSPS) is 16.5. The Morgan fingerprint density at radius 2 is 2.00 bits per heavy atom. The number of hydrogen-bond donors (Lipinski definition) is 0. The molecule has 156 valence electrons. The Balaban J connectivity index is 1.34. The molecule has 0 N–H and O–H groups in total. The first-order chi connectivity index (χ1) is 15.2. The van der Waals surface area contributed by atoms with E-state index in [1.54, 1.807) is 6.20 Å². The number of aromatic nitrogens is 4. The third-order valence-corrected chi connectivity index (χ3v) is 6.08. The lowest BCUT2D eigenvalue weighted by molar-refractivity contribution is -0.131. The summed E-state index contributed by atoms with van der Waals surface area (Å²) in [7, 11) is 0. The van der Waals surface area contributed by atoms with Crippen molar-refractivity contribution in [2.24, 2.45) is 0 Å². The third-order valence-electron chi connectivity index (χ3n) is 6.08. The summed E-state index contributed by atoms with van der Waals surface area (Å²) in [4.78, 5) is 23.9. The van der Waals surface area contributed by atoms with Gasteiger partial charge in [-0.15, -0.1) is 0 Å². The van der Waals surface area contributed by atoms with Crippen molar-refractivity contribution in [3.8, 4) is 11.1 Å². The summed E-state index contributed by atoms with van der Waals surface area (Å²) >= 11 is 0. The maximum atomic E-state index is 12.9. The first kappa shape index (κ1) is 19.4. The Bertz CT molecular complexity index is 1220. The summed E-state index contributed by atoms with van der Waals surface area (Å²) < 4.78 is 1.84. The van der Waals surface area contributed by atoms with E-state index < -0.39 is 0 Å². The van der Waals surface area contributed by atoms with Gasteiger partial charge in [0.25, 0.3) is 0 Å². The highest BCUT2D eigenvalue weighted by molar-refractivity contribution is 5.79. The fourth-order valence-electron chi connectivity index (χ4n) is 4.28. The van der Waals surface area contributed by atoms with Crippen LogP contribution in [0, 0.1) is 6.92 Å². The Morgan fingerprint density at radius 1 is 1.10 bits per heavy atom. The molecular formula is C25H25N5O. The summed E-state index contributed by atoms with van der Waals surface area (Å²) in [5.74, 6) is 1.16. The topological polar surface area (TPSA) is 63.4 Å². The SMILES string of the molecule is Cc1ccccc1CC(=O)N1CCC[C@H](c2nc3ccc(-c4cccnc4)cn3n2)C1. The van der Waals surface area contributed by atoms with E-state index >= 15 is 0 Å². The molecule has 0 bridgehead atoms. The zero-order chi connectivity index (χ0) is 21.2. The van der Waals surface area contributed by atoms with Crippen molar-refractivity contribution >= 4 is 11.6 Å². The molecule has 0 saturated carbocycles. The van der Waals surface area contributed by atoms with Crippen LogP contribution >= 0.6 is 0 Å². The van der Waals surface area contributed by atoms with Crippen LogP contribution < -0.4 is 0 Å². The smallest absolute Gasteiger partial charge is 0.227 e.